The number of benzene rings is 6. The standard InChI is InChI=1S/C29H31N7O2.C28H29N7O2.C27H27N7O2/c1-2-31-28(38)25-18-36(23-9-6-19-4-3-5-20(19)16-23)27-24(26(25)37)17-32-29(34-27)33-21-7-10-22(11-8-21)35-14-12-30-13-15-35;1-29-27(37)24-17-35(22-8-5-18-3-2-4-19(18)15-22)26-23(25(24)36)16-31-28(33-26)32-20-6-9-21(10-7-20)34-13-11-30-12-14-34;28-25(36)23-16-34(21-7-4-17-2-1-3-18(17)14-21)26-22(24(23)35)15-30-27(32-26)31-19-5-8-20(9-6-19)33-12-10-29-11-13-33/h6-11,16-18,30H,2-5,12-15H2,1H3,(H,31,38)(H,32,33,34);5-10,15-17,30H,2-4,11-14H2,1H3,(H,29,37)(H,31,32,33);4-9,14-16,29H,1-3,10-13H2,(H2,28,36)(H,30,31,32). The zero-order valence-corrected chi connectivity index (χ0v) is 62.0. The minimum absolute atomic E-state index is 0.0586. The van der Waals surface area contributed by atoms with Gasteiger partial charge in [0.1, 0.15) is 16.7 Å². The van der Waals surface area contributed by atoms with E-state index in [-0.39, 0.29) is 27.5 Å². The van der Waals surface area contributed by atoms with Gasteiger partial charge in [0, 0.05) is 180 Å². The Morgan fingerprint density at radius 1 is 0.396 bits per heavy atom. The Hall–Kier alpha value is -12.7. The van der Waals surface area contributed by atoms with Crippen LogP contribution in [-0.2, 0) is 38.5 Å². The Kier molecular flexibility index (Phi) is 21.0. The molecule has 6 aliphatic rings. The first-order valence-corrected chi connectivity index (χ1v) is 38.2. The molecule has 12 aromatic rings. The first-order chi connectivity index (χ1) is 54.3. The number of carbonyl (C=O) groups is 3. The monoisotopic (exact) mass is 1490 g/mol. The van der Waals surface area contributed by atoms with E-state index in [2.05, 4.69) is 150 Å². The van der Waals surface area contributed by atoms with Gasteiger partial charge in [0.05, 0.1) is 16.2 Å². The lowest BCUT2D eigenvalue weighted by Gasteiger charge is -2.29. The van der Waals surface area contributed by atoms with Crippen molar-refractivity contribution in [2.45, 2.75) is 64.7 Å². The van der Waals surface area contributed by atoms with Crippen molar-refractivity contribution in [1.29, 1.82) is 0 Å². The molecule has 9 heterocycles. The Morgan fingerprint density at radius 2 is 0.694 bits per heavy atom. The molecule has 564 valence electrons. The number of nitrogens with two attached hydrogens (primary N) is 1. The number of aromatic nitrogens is 9. The van der Waals surface area contributed by atoms with Gasteiger partial charge in [-0.2, -0.15) is 15.0 Å². The summed E-state index contributed by atoms with van der Waals surface area (Å²) in [6.45, 7) is 14.1. The van der Waals surface area contributed by atoms with Crippen molar-refractivity contribution in [3.8, 4) is 17.1 Å². The number of pyridine rings is 3. The lowest BCUT2D eigenvalue weighted by Crippen LogP contribution is -2.43. The van der Waals surface area contributed by atoms with E-state index in [1.54, 1.807) is 17.0 Å². The molecule has 0 unspecified atom stereocenters. The van der Waals surface area contributed by atoms with Crippen LogP contribution in [0.3, 0.4) is 0 Å². The molecule has 0 atom stereocenters. The molecule has 3 aliphatic carbocycles. The number of anilines is 9. The molecule has 3 amide bonds. The summed E-state index contributed by atoms with van der Waals surface area (Å²) in [6, 6.07) is 43.3. The lowest BCUT2D eigenvalue weighted by molar-refractivity contribution is 0.0949. The summed E-state index contributed by atoms with van der Waals surface area (Å²) in [5, 5.41) is 26.0. The first-order valence-electron chi connectivity index (χ1n) is 38.2. The largest absolute Gasteiger partial charge is 0.369 e. The Morgan fingerprint density at radius 3 is 1.01 bits per heavy atom. The van der Waals surface area contributed by atoms with E-state index in [0.29, 0.717) is 52.1 Å². The Labute approximate surface area is 639 Å². The van der Waals surface area contributed by atoms with Gasteiger partial charge in [-0.05, 0) is 207 Å². The number of hydrogen-bond donors (Lipinski definition) is 9. The molecule has 3 aliphatic heterocycles. The smallest absolute Gasteiger partial charge is 0.256 e. The molecule has 3 saturated heterocycles. The maximum absolute atomic E-state index is 13.3. The zero-order chi connectivity index (χ0) is 76.1. The number of amides is 3. The van der Waals surface area contributed by atoms with Gasteiger partial charge in [-0.25, -0.2) is 15.0 Å². The van der Waals surface area contributed by atoms with Crippen LogP contribution < -0.4 is 79.3 Å². The van der Waals surface area contributed by atoms with Gasteiger partial charge in [-0.1, -0.05) is 18.2 Å². The number of fused-ring (bicyclic) bond motifs is 6. The normalized spacial score (nSPS) is 15.0. The predicted molar refractivity (Wildman–Crippen MR) is 436 cm³/mol. The molecule has 10 N–H and O–H groups in total. The van der Waals surface area contributed by atoms with Crippen LogP contribution in [-0.4, -0.2) is 153 Å². The fraction of sp³-hybridized carbons (Fsp3) is 0.286. The molecule has 111 heavy (non-hydrogen) atoms. The van der Waals surface area contributed by atoms with Gasteiger partial charge < -0.3 is 76.7 Å². The summed E-state index contributed by atoms with van der Waals surface area (Å²) in [6.07, 6.45) is 18.8. The second kappa shape index (κ2) is 32.2. The molecule has 0 bridgehead atoms. The predicted octanol–water partition coefficient (Wildman–Crippen LogP) is 8.48. The number of nitrogens with zero attached hydrogens (tertiary/aromatic N) is 12. The Balaban J connectivity index is 0.000000126. The SMILES string of the molecule is CCNC(=O)c1cn(-c2ccc3c(c2)CCC3)c2nc(Nc3ccc(N4CCNCC4)cc3)ncc2c1=O.CNC(=O)c1cn(-c2ccc3c(c2)CCC3)c2nc(Nc3ccc(N4CCNCC4)cc3)ncc2c1=O.NC(=O)c1cn(-c2ccc3c(c2)CCC3)c2nc(Nc3ccc(N4CCNCC4)cc3)ncc2c1=O. The van der Waals surface area contributed by atoms with E-state index < -0.39 is 28.6 Å². The minimum atomic E-state index is -0.774. The van der Waals surface area contributed by atoms with E-state index in [0.717, 1.165) is 170 Å². The van der Waals surface area contributed by atoms with E-state index in [1.807, 2.05) is 70.7 Å². The van der Waals surface area contributed by atoms with E-state index >= 15 is 0 Å². The topological polar surface area (TPSA) is 327 Å². The highest BCUT2D eigenvalue weighted by Crippen LogP contribution is 2.32. The number of primary amides is 1. The van der Waals surface area contributed by atoms with Crippen molar-refractivity contribution in [3.63, 3.8) is 0 Å². The summed E-state index contributed by atoms with van der Waals surface area (Å²) in [5.74, 6) is -0.492. The molecule has 27 nitrogen and oxygen atoms in total. The van der Waals surface area contributed by atoms with Crippen LogP contribution in [0.25, 0.3) is 50.2 Å². The van der Waals surface area contributed by atoms with Crippen molar-refractivity contribution in [2.75, 3.05) is 123 Å². The average molecular weight is 1490 g/mol. The van der Waals surface area contributed by atoms with Crippen molar-refractivity contribution in [1.82, 2.24) is 70.2 Å². The van der Waals surface area contributed by atoms with Gasteiger partial charge in [0.2, 0.25) is 34.1 Å². The third-order valence-electron chi connectivity index (χ3n) is 21.4. The highest BCUT2D eigenvalue weighted by molar-refractivity contribution is 5.99. The van der Waals surface area contributed by atoms with Gasteiger partial charge in [-0.3, -0.25) is 28.8 Å². The van der Waals surface area contributed by atoms with E-state index in [9.17, 15) is 28.8 Å². The van der Waals surface area contributed by atoms with Crippen LogP contribution in [0.5, 0.6) is 0 Å². The van der Waals surface area contributed by atoms with Gasteiger partial charge in [0.15, 0.2) is 16.9 Å². The number of hydrogen-bond acceptors (Lipinski definition) is 21. The molecule has 6 aromatic carbocycles. The first kappa shape index (κ1) is 72.5. The Bertz CT molecular complexity index is 5730. The van der Waals surface area contributed by atoms with Crippen LogP contribution in [0, 0.1) is 0 Å². The fourth-order valence-corrected chi connectivity index (χ4v) is 15.5. The molecule has 3 fully saturated rings. The van der Waals surface area contributed by atoms with Crippen LogP contribution in [0.15, 0.2) is 179 Å². The quantitative estimate of drug-likeness (QED) is 0.0438. The highest BCUT2D eigenvalue weighted by atomic mass is 16.2. The number of piperazine rings is 3. The number of carbonyl (C=O) groups excluding carboxylic acids is 3. The second-order valence-corrected chi connectivity index (χ2v) is 28.5. The third-order valence-corrected chi connectivity index (χ3v) is 21.4. The minimum Gasteiger partial charge on any atom is -0.369 e. The summed E-state index contributed by atoms with van der Waals surface area (Å²) in [7, 11) is 1.52. The van der Waals surface area contributed by atoms with Gasteiger partial charge in [0.25, 0.3) is 17.7 Å². The molecule has 0 spiro atoms. The van der Waals surface area contributed by atoms with Crippen molar-refractivity contribution < 1.29 is 14.4 Å². The molecular weight excluding hydrogens is 1400 g/mol. The zero-order valence-electron chi connectivity index (χ0n) is 62.0. The number of nitrogens with one attached hydrogen (secondary N) is 8. The van der Waals surface area contributed by atoms with Crippen molar-refractivity contribution >= 4 is 103 Å². The van der Waals surface area contributed by atoms with E-state index in [1.165, 1.54) is 82.3 Å². The summed E-state index contributed by atoms with van der Waals surface area (Å²) in [4.78, 5) is 111. The van der Waals surface area contributed by atoms with Crippen LogP contribution in [0.1, 0.15) is 90.6 Å². The lowest BCUT2D eigenvalue weighted by atomic mass is 10.1. The highest BCUT2D eigenvalue weighted by Gasteiger charge is 2.25. The van der Waals surface area contributed by atoms with Crippen LogP contribution in [0.2, 0.25) is 0 Å². The van der Waals surface area contributed by atoms with Crippen LogP contribution >= 0.6 is 0 Å². The molecule has 0 radical (unpaired) electrons. The second-order valence-electron chi connectivity index (χ2n) is 28.5. The number of rotatable bonds is 16. The molecular formula is C84H87N21O6. The van der Waals surface area contributed by atoms with Gasteiger partial charge >= 0.3 is 0 Å². The van der Waals surface area contributed by atoms with Crippen molar-refractivity contribution in [3.05, 3.63) is 245 Å². The molecule has 27 heteroatoms. The molecule has 0 saturated carbocycles. The van der Waals surface area contributed by atoms with Gasteiger partial charge in [-0.15, -0.1) is 0 Å². The number of aryl methyl sites for hydroxylation is 6. The summed E-state index contributed by atoms with van der Waals surface area (Å²) < 4.78 is 5.41. The summed E-state index contributed by atoms with van der Waals surface area (Å²) >= 11 is 0. The third kappa shape index (κ3) is 15.6. The molecule has 18 rings (SSSR count). The molecule has 6 aromatic heterocycles. The fourth-order valence-electron chi connectivity index (χ4n) is 15.5. The maximum Gasteiger partial charge on any atom is 0.256 e. The average Bonchev–Trinajstić information content (AvgIpc) is 1.51. The van der Waals surface area contributed by atoms with Crippen molar-refractivity contribution in [2.24, 2.45) is 5.73 Å². The maximum atomic E-state index is 13.3. The van der Waals surface area contributed by atoms with E-state index in [4.69, 9.17) is 15.7 Å². The summed E-state index contributed by atoms with van der Waals surface area (Å²) in [5.41, 5.74) is 22.2. The van der Waals surface area contributed by atoms with Crippen LogP contribution in [0.4, 0.5) is 52.0 Å².